The van der Waals surface area contributed by atoms with E-state index in [2.05, 4.69) is 15.0 Å². The van der Waals surface area contributed by atoms with Gasteiger partial charge in [0, 0.05) is 23.9 Å². The fourth-order valence-corrected chi connectivity index (χ4v) is 3.39. The number of alkyl halides is 3. The molecule has 0 aliphatic carbocycles. The minimum atomic E-state index is -4.77. The molecule has 0 saturated carbocycles. The second kappa shape index (κ2) is 9.93. The van der Waals surface area contributed by atoms with Gasteiger partial charge in [-0.2, -0.15) is 5.26 Å². The van der Waals surface area contributed by atoms with Crippen molar-refractivity contribution in [1.29, 1.82) is 5.26 Å². The molecule has 1 aromatic heterocycles. The predicted molar refractivity (Wildman–Crippen MR) is 122 cm³/mol. The minimum absolute atomic E-state index is 0.192. The second-order valence-electron chi connectivity index (χ2n) is 8.13. The van der Waals surface area contributed by atoms with Crippen molar-refractivity contribution < 1.29 is 32.5 Å². The molecule has 182 valence electrons. The molecule has 0 amide bonds. The molecule has 3 aromatic rings. The molecular weight excluding hydrogens is 463 g/mol. The van der Waals surface area contributed by atoms with Crippen LogP contribution in [0.1, 0.15) is 30.5 Å². The van der Waals surface area contributed by atoms with Crippen molar-refractivity contribution in [2.45, 2.75) is 32.2 Å². The molecule has 0 spiro atoms. The molecule has 0 atom stereocenters. The van der Waals surface area contributed by atoms with Crippen molar-refractivity contribution in [2.24, 2.45) is 0 Å². The fourth-order valence-electron chi connectivity index (χ4n) is 3.39. The largest absolute Gasteiger partial charge is 0.573 e. The Morgan fingerprint density at radius 3 is 2.46 bits per heavy atom. The lowest BCUT2D eigenvalue weighted by atomic mass is 9.81. The number of ether oxygens (including phenoxy) is 2. The summed E-state index contributed by atoms with van der Waals surface area (Å²) in [7, 11) is 1.38. The normalized spacial score (nSPS) is 11.5. The molecule has 0 aliphatic heterocycles. The van der Waals surface area contributed by atoms with E-state index < -0.39 is 17.7 Å². The third-order valence-electron chi connectivity index (χ3n) is 5.32. The second-order valence-corrected chi connectivity index (χ2v) is 8.13. The van der Waals surface area contributed by atoms with E-state index in [-0.39, 0.29) is 23.6 Å². The number of methoxy groups -OCH3 is 1. The van der Waals surface area contributed by atoms with Crippen LogP contribution in [-0.4, -0.2) is 29.5 Å². The number of hydrogen-bond acceptors (Lipinski definition) is 6. The maximum Gasteiger partial charge on any atom is 0.573 e. The summed E-state index contributed by atoms with van der Waals surface area (Å²) in [5, 5.41) is 22.3. The van der Waals surface area contributed by atoms with Crippen LogP contribution in [-0.2, 0) is 16.8 Å². The number of benzene rings is 2. The van der Waals surface area contributed by atoms with E-state index in [1.54, 1.807) is 36.5 Å². The van der Waals surface area contributed by atoms with E-state index in [0.29, 0.717) is 28.1 Å². The van der Waals surface area contributed by atoms with Crippen molar-refractivity contribution in [3.8, 4) is 28.7 Å². The molecule has 0 bridgehead atoms. The van der Waals surface area contributed by atoms with Gasteiger partial charge in [-0.25, -0.2) is 4.98 Å². The molecule has 35 heavy (non-hydrogen) atoms. The number of rotatable bonds is 8. The van der Waals surface area contributed by atoms with E-state index in [1.165, 1.54) is 39.2 Å². The number of carboxylic acid groups (broad SMARTS) is 1. The van der Waals surface area contributed by atoms with Gasteiger partial charge in [-0.3, -0.25) is 4.79 Å². The molecule has 0 unspecified atom stereocenters. The third kappa shape index (κ3) is 6.00. The zero-order chi connectivity index (χ0) is 25.8. The predicted octanol–water partition coefficient (Wildman–Crippen LogP) is 5.50. The first-order valence-corrected chi connectivity index (χ1v) is 10.4. The van der Waals surface area contributed by atoms with Gasteiger partial charge in [0.25, 0.3) is 0 Å². The number of pyridine rings is 1. The van der Waals surface area contributed by atoms with Gasteiger partial charge in [0.15, 0.2) is 0 Å². The van der Waals surface area contributed by atoms with Crippen LogP contribution in [0.4, 0.5) is 19.0 Å². The number of halogens is 3. The Hall–Kier alpha value is -4.26. The zero-order valence-corrected chi connectivity index (χ0v) is 19.1. The van der Waals surface area contributed by atoms with Crippen LogP contribution in [0.3, 0.4) is 0 Å². The number of hydrogen-bond donors (Lipinski definition) is 2. The van der Waals surface area contributed by atoms with Crippen molar-refractivity contribution >= 4 is 11.8 Å². The third-order valence-corrected chi connectivity index (χ3v) is 5.32. The number of aromatic nitrogens is 1. The fraction of sp³-hybridized carbons (Fsp3) is 0.240. The average molecular weight is 485 g/mol. The van der Waals surface area contributed by atoms with Crippen molar-refractivity contribution in [3.63, 3.8) is 0 Å². The van der Waals surface area contributed by atoms with E-state index in [4.69, 9.17) is 4.74 Å². The van der Waals surface area contributed by atoms with Crippen molar-refractivity contribution in [1.82, 2.24) is 4.98 Å². The molecule has 3 rings (SSSR count). The SMILES string of the molecule is COc1c(C#N)cc(-c2ccc(NCc3cccc(OC(F)(F)F)c3)nc2)cc1C(C)(C)C(=O)O. The highest BCUT2D eigenvalue weighted by atomic mass is 19.4. The summed E-state index contributed by atoms with van der Waals surface area (Å²) < 4.78 is 46.5. The summed E-state index contributed by atoms with van der Waals surface area (Å²) in [5.74, 6) is -0.713. The summed E-state index contributed by atoms with van der Waals surface area (Å²) in [6.45, 7) is 3.26. The lowest BCUT2D eigenvalue weighted by molar-refractivity contribution is -0.274. The topological polar surface area (TPSA) is 104 Å². The Morgan fingerprint density at radius 2 is 1.89 bits per heavy atom. The first kappa shape index (κ1) is 25.4. The Bertz CT molecular complexity index is 1270. The molecule has 2 N–H and O–H groups in total. The summed E-state index contributed by atoms with van der Waals surface area (Å²) in [6.07, 6.45) is -3.22. The van der Waals surface area contributed by atoms with Crippen LogP contribution in [0.2, 0.25) is 0 Å². The molecule has 10 heteroatoms. The Morgan fingerprint density at radius 1 is 1.14 bits per heavy atom. The molecule has 0 saturated heterocycles. The molecule has 0 radical (unpaired) electrons. The van der Waals surface area contributed by atoms with Crippen LogP contribution in [0.5, 0.6) is 11.5 Å². The van der Waals surface area contributed by atoms with Gasteiger partial charge in [-0.1, -0.05) is 12.1 Å². The highest BCUT2D eigenvalue weighted by Gasteiger charge is 2.34. The quantitative estimate of drug-likeness (QED) is 0.434. The maximum atomic E-state index is 12.4. The molecule has 7 nitrogen and oxygen atoms in total. The van der Waals surface area contributed by atoms with Gasteiger partial charge >= 0.3 is 12.3 Å². The number of aliphatic carboxylic acids is 1. The van der Waals surface area contributed by atoms with Crippen LogP contribution in [0, 0.1) is 11.3 Å². The van der Waals surface area contributed by atoms with E-state index >= 15 is 0 Å². The van der Waals surface area contributed by atoms with Crippen molar-refractivity contribution in [2.75, 3.05) is 12.4 Å². The summed E-state index contributed by atoms with van der Waals surface area (Å²) in [4.78, 5) is 16.2. The highest BCUT2D eigenvalue weighted by molar-refractivity contribution is 5.83. The number of nitrogens with zero attached hydrogens (tertiary/aromatic N) is 2. The van der Waals surface area contributed by atoms with Crippen LogP contribution >= 0.6 is 0 Å². The summed E-state index contributed by atoms with van der Waals surface area (Å²) >= 11 is 0. The molecule has 2 aromatic carbocycles. The van der Waals surface area contributed by atoms with Gasteiger partial charge in [0.05, 0.1) is 18.1 Å². The number of nitrogens with one attached hydrogen (secondary N) is 1. The van der Waals surface area contributed by atoms with E-state index in [0.717, 1.165) is 0 Å². The highest BCUT2D eigenvalue weighted by Crippen LogP contribution is 2.38. The molecule has 0 aliphatic rings. The van der Waals surface area contributed by atoms with Crippen LogP contribution in [0.25, 0.3) is 11.1 Å². The zero-order valence-electron chi connectivity index (χ0n) is 19.1. The van der Waals surface area contributed by atoms with E-state index in [9.17, 15) is 28.3 Å². The van der Waals surface area contributed by atoms with Crippen LogP contribution in [0.15, 0.2) is 54.7 Å². The number of carbonyl (C=O) groups is 1. The first-order chi connectivity index (χ1) is 16.4. The molecule has 1 heterocycles. The average Bonchev–Trinajstić information content (AvgIpc) is 2.81. The number of nitriles is 1. The minimum Gasteiger partial charge on any atom is -0.495 e. The summed E-state index contributed by atoms with van der Waals surface area (Å²) in [6, 6.07) is 14.3. The molecule has 0 fully saturated rings. The van der Waals surface area contributed by atoms with Gasteiger partial charge < -0.3 is 19.9 Å². The Balaban J connectivity index is 1.83. The monoisotopic (exact) mass is 485 g/mol. The van der Waals surface area contributed by atoms with Gasteiger partial charge in [0.1, 0.15) is 23.4 Å². The van der Waals surface area contributed by atoms with Crippen molar-refractivity contribution in [3.05, 3.63) is 71.4 Å². The molecular formula is C25H22F3N3O4. The lowest BCUT2D eigenvalue weighted by Crippen LogP contribution is -2.29. The Labute approximate surface area is 199 Å². The smallest absolute Gasteiger partial charge is 0.495 e. The lowest BCUT2D eigenvalue weighted by Gasteiger charge is -2.24. The van der Waals surface area contributed by atoms with E-state index in [1.807, 2.05) is 6.07 Å². The Kier molecular flexibility index (Phi) is 7.20. The number of carboxylic acids is 1. The standard InChI is InChI=1S/C25H22F3N3O4/c1-24(2,23(32)33)20-11-17(10-18(12-29)22(20)34-3)16-7-8-21(31-14-16)30-13-15-5-4-6-19(9-15)35-25(26,27)28/h4-11,14H,13H2,1-3H3,(H,30,31)(H,32,33). The van der Waals surface area contributed by atoms with Crippen LogP contribution < -0.4 is 14.8 Å². The summed E-state index contributed by atoms with van der Waals surface area (Å²) in [5.41, 5.74) is 1.02. The maximum absolute atomic E-state index is 12.4. The van der Waals surface area contributed by atoms with Gasteiger partial charge in [-0.05, 0) is 61.4 Å². The first-order valence-electron chi connectivity index (χ1n) is 10.4. The van der Waals surface area contributed by atoms with Gasteiger partial charge in [-0.15, -0.1) is 13.2 Å². The number of anilines is 1. The van der Waals surface area contributed by atoms with Gasteiger partial charge in [0.2, 0.25) is 0 Å².